The van der Waals surface area contributed by atoms with Crippen molar-refractivity contribution in [2.45, 2.75) is 13.5 Å². The molecule has 0 aliphatic carbocycles. The topological polar surface area (TPSA) is 48.7 Å². The van der Waals surface area contributed by atoms with Crippen LogP contribution in [0.15, 0.2) is 16.5 Å². The van der Waals surface area contributed by atoms with Gasteiger partial charge in [-0.2, -0.15) is 0 Å². The van der Waals surface area contributed by atoms with Crippen molar-refractivity contribution in [2.24, 2.45) is 0 Å². The predicted molar refractivity (Wildman–Crippen MR) is 69.2 cm³/mol. The molecule has 0 radical (unpaired) electrons. The molecule has 5 nitrogen and oxygen atoms in total. The number of hydrogen-bond donors (Lipinski definition) is 1. The molecular weight excluding hydrogens is 230 g/mol. The van der Waals surface area contributed by atoms with E-state index >= 15 is 0 Å². The molecule has 1 aliphatic heterocycles. The maximum atomic E-state index is 11.9. The van der Waals surface area contributed by atoms with E-state index in [1.54, 1.807) is 0 Å². The molecule has 0 unspecified atom stereocenters. The smallest absolute Gasteiger partial charge is 0.236 e. The van der Waals surface area contributed by atoms with Crippen molar-refractivity contribution in [3.05, 3.63) is 23.7 Å². The molecule has 1 amide bonds. The van der Waals surface area contributed by atoms with E-state index in [9.17, 15) is 4.79 Å². The molecule has 2 heterocycles. The molecule has 0 atom stereocenters. The Hall–Kier alpha value is -1.33. The fraction of sp³-hybridized carbons (Fsp3) is 0.615. The van der Waals surface area contributed by atoms with Gasteiger partial charge in [0, 0.05) is 26.2 Å². The van der Waals surface area contributed by atoms with Crippen LogP contribution in [0.2, 0.25) is 0 Å². The highest BCUT2D eigenvalue weighted by molar-refractivity contribution is 5.78. The lowest BCUT2D eigenvalue weighted by Gasteiger charge is -2.32. The van der Waals surface area contributed by atoms with Gasteiger partial charge in [-0.25, -0.2) is 0 Å². The van der Waals surface area contributed by atoms with Gasteiger partial charge in [0.2, 0.25) is 5.91 Å². The van der Waals surface area contributed by atoms with Gasteiger partial charge in [-0.15, -0.1) is 0 Å². The maximum absolute atomic E-state index is 11.9. The Morgan fingerprint density at radius 2 is 2.06 bits per heavy atom. The Bertz CT molecular complexity index is 395. The second-order valence-corrected chi connectivity index (χ2v) is 4.80. The van der Waals surface area contributed by atoms with Crippen LogP contribution in [-0.2, 0) is 11.3 Å². The third kappa shape index (κ3) is 3.58. The van der Waals surface area contributed by atoms with Crippen molar-refractivity contribution in [1.29, 1.82) is 0 Å². The molecule has 18 heavy (non-hydrogen) atoms. The summed E-state index contributed by atoms with van der Waals surface area (Å²) in [5.74, 6) is 1.95. The number of furan rings is 1. The number of hydrogen-bond acceptors (Lipinski definition) is 4. The summed E-state index contributed by atoms with van der Waals surface area (Å²) in [5, 5.41) is 3.12. The lowest BCUT2D eigenvalue weighted by atomic mass is 10.3. The van der Waals surface area contributed by atoms with E-state index in [4.69, 9.17) is 4.42 Å². The van der Waals surface area contributed by atoms with E-state index in [1.165, 1.54) is 0 Å². The molecule has 0 bridgehead atoms. The molecule has 0 spiro atoms. The zero-order valence-electron chi connectivity index (χ0n) is 11.1. The van der Waals surface area contributed by atoms with Crippen molar-refractivity contribution in [1.82, 2.24) is 15.1 Å². The van der Waals surface area contributed by atoms with Gasteiger partial charge in [0.15, 0.2) is 0 Å². The molecule has 5 heteroatoms. The molecule has 0 saturated carbocycles. The Morgan fingerprint density at radius 3 is 2.67 bits per heavy atom. The van der Waals surface area contributed by atoms with Crippen LogP contribution in [0.4, 0.5) is 0 Å². The number of nitrogens with one attached hydrogen (secondary N) is 1. The number of carbonyl (C=O) groups excluding carboxylic acids is 1. The van der Waals surface area contributed by atoms with Crippen molar-refractivity contribution < 1.29 is 9.21 Å². The summed E-state index contributed by atoms with van der Waals surface area (Å²) in [6.45, 7) is 6.48. The van der Waals surface area contributed by atoms with Gasteiger partial charge in [-0.05, 0) is 26.1 Å². The standard InChI is InChI=1S/C13H21N3O2/c1-11-3-4-12(18-11)9-14-10-13(17)16-7-5-15(2)6-8-16/h3-4,14H,5-10H2,1-2H3. The lowest BCUT2D eigenvalue weighted by Crippen LogP contribution is -2.49. The summed E-state index contributed by atoms with van der Waals surface area (Å²) in [4.78, 5) is 16.1. The van der Waals surface area contributed by atoms with E-state index < -0.39 is 0 Å². The number of nitrogens with zero attached hydrogens (tertiary/aromatic N) is 2. The van der Waals surface area contributed by atoms with Gasteiger partial charge in [0.25, 0.3) is 0 Å². The number of piperazine rings is 1. The summed E-state index contributed by atoms with van der Waals surface area (Å²) in [7, 11) is 2.08. The average Bonchev–Trinajstić information content (AvgIpc) is 2.76. The van der Waals surface area contributed by atoms with E-state index in [0.29, 0.717) is 13.1 Å². The quantitative estimate of drug-likeness (QED) is 0.844. The van der Waals surface area contributed by atoms with Crippen LogP contribution in [-0.4, -0.2) is 55.5 Å². The molecule has 2 rings (SSSR count). The minimum absolute atomic E-state index is 0.173. The Labute approximate surface area is 108 Å². The van der Waals surface area contributed by atoms with Crippen LogP contribution in [0.5, 0.6) is 0 Å². The molecule has 1 aromatic heterocycles. The molecule has 1 aliphatic rings. The van der Waals surface area contributed by atoms with Crippen LogP contribution in [0.3, 0.4) is 0 Å². The fourth-order valence-electron chi connectivity index (χ4n) is 2.04. The van der Waals surface area contributed by atoms with Gasteiger partial charge in [0.1, 0.15) is 11.5 Å². The zero-order chi connectivity index (χ0) is 13.0. The average molecular weight is 251 g/mol. The molecule has 100 valence electrons. The first-order chi connectivity index (χ1) is 8.65. The van der Waals surface area contributed by atoms with E-state index in [0.717, 1.165) is 37.7 Å². The predicted octanol–water partition coefficient (Wildman–Crippen LogP) is 0.452. The van der Waals surface area contributed by atoms with Crippen molar-refractivity contribution in [3.8, 4) is 0 Å². The van der Waals surface area contributed by atoms with Crippen LogP contribution in [0.25, 0.3) is 0 Å². The van der Waals surface area contributed by atoms with Crippen molar-refractivity contribution in [2.75, 3.05) is 39.8 Å². The number of likely N-dealkylation sites (N-methyl/N-ethyl adjacent to an activating group) is 1. The lowest BCUT2D eigenvalue weighted by molar-refractivity contribution is -0.131. The van der Waals surface area contributed by atoms with Crippen LogP contribution >= 0.6 is 0 Å². The third-order valence-corrected chi connectivity index (χ3v) is 3.23. The van der Waals surface area contributed by atoms with Gasteiger partial charge in [-0.1, -0.05) is 0 Å². The van der Waals surface area contributed by atoms with Crippen LogP contribution < -0.4 is 5.32 Å². The number of aryl methyl sites for hydroxylation is 1. The molecule has 0 aromatic carbocycles. The Kier molecular flexibility index (Phi) is 4.38. The molecular formula is C13H21N3O2. The molecule has 1 fully saturated rings. The third-order valence-electron chi connectivity index (χ3n) is 3.23. The first-order valence-electron chi connectivity index (χ1n) is 6.37. The summed E-state index contributed by atoms with van der Waals surface area (Å²) >= 11 is 0. The normalized spacial score (nSPS) is 17.1. The van der Waals surface area contributed by atoms with Crippen molar-refractivity contribution >= 4 is 5.91 Å². The molecule has 1 N–H and O–H groups in total. The highest BCUT2D eigenvalue weighted by atomic mass is 16.3. The first-order valence-corrected chi connectivity index (χ1v) is 6.37. The van der Waals surface area contributed by atoms with Crippen molar-refractivity contribution in [3.63, 3.8) is 0 Å². The minimum Gasteiger partial charge on any atom is -0.465 e. The number of rotatable bonds is 4. The van der Waals surface area contributed by atoms with Gasteiger partial charge in [-0.3, -0.25) is 4.79 Å². The number of carbonyl (C=O) groups is 1. The summed E-state index contributed by atoms with van der Waals surface area (Å²) in [5.41, 5.74) is 0. The second kappa shape index (κ2) is 6.02. The number of amides is 1. The van der Waals surface area contributed by atoms with E-state index in [-0.39, 0.29) is 5.91 Å². The van der Waals surface area contributed by atoms with Crippen LogP contribution in [0.1, 0.15) is 11.5 Å². The van der Waals surface area contributed by atoms with Gasteiger partial charge < -0.3 is 19.5 Å². The Balaban J connectivity index is 1.68. The minimum atomic E-state index is 0.173. The van der Waals surface area contributed by atoms with Gasteiger partial charge in [0.05, 0.1) is 13.1 Å². The Morgan fingerprint density at radius 1 is 1.33 bits per heavy atom. The maximum Gasteiger partial charge on any atom is 0.236 e. The highest BCUT2D eigenvalue weighted by Crippen LogP contribution is 2.05. The van der Waals surface area contributed by atoms with Gasteiger partial charge >= 0.3 is 0 Å². The fourth-order valence-corrected chi connectivity index (χ4v) is 2.04. The summed E-state index contributed by atoms with van der Waals surface area (Å²) < 4.78 is 5.43. The zero-order valence-corrected chi connectivity index (χ0v) is 11.1. The molecule has 1 saturated heterocycles. The SMILES string of the molecule is Cc1ccc(CNCC(=O)N2CCN(C)CC2)o1. The van der Waals surface area contributed by atoms with E-state index in [2.05, 4.69) is 17.3 Å². The molecule has 1 aromatic rings. The monoisotopic (exact) mass is 251 g/mol. The second-order valence-electron chi connectivity index (χ2n) is 4.80. The largest absolute Gasteiger partial charge is 0.465 e. The van der Waals surface area contributed by atoms with Crippen LogP contribution in [0, 0.1) is 6.92 Å². The van der Waals surface area contributed by atoms with E-state index in [1.807, 2.05) is 24.0 Å². The summed E-state index contributed by atoms with van der Waals surface area (Å²) in [6.07, 6.45) is 0. The highest BCUT2D eigenvalue weighted by Gasteiger charge is 2.18. The first kappa shape index (κ1) is 13.1. The summed E-state index contributed by atoms with van der Waals surface area (Å²) in [6, 6.07) is 3.86.